The number of carbonyl (C=O) groups is 1. The van der Waals surface area contributed by atoms with Gasteiger partial charge in [0, 0.05) is 11.8 Å². The molecule has 1 N–H and O–H groups in total. The first-order valence-corrected chi connectivity index (χ1v) is 7.22. The number of amides is 1. The Kier molecular flexibility index (Phi) is 4.27. The molecule has 0 saturated carbocycles. The number of nitrogens with zero attached hydrogens (tertiary/aromatic N) is 3. The van der Waals surface area contributed by atoms with Crippen LogP contribution in [0.1, 0.15) is 10.4 Å². The first-order valence-electron chi connectivity index (χ1n) is 6.47. The maximum Gasteiger partial charge on any atom is 0.255 e. The van der Waals surface area contributed by atoms with Crippen molar-refractivity contribution in [3.8, 4) is 5.82 Å². The molecule has 0 aliphatic heterocycles. The zero-order valence-electron chi connectivity index (χ0n) is 11.5. The molecule has 0 bridgehead atoms. The summed E-state index contributed by atoms with van der Waals surface area (Å²) in [6.07, 6.45) is 2.93. The van der Waals surface area contributed by atoms with Gasteiger partial charge in [0.2, 0.25) is 0 Å². The smallest absolute Gasteiger partial charge is 0.255 e. The molecule has 5 nitrogen and oxygen atoms in total. The number of imidazole rings is 1. The normalized spacial score (nSPS) is 10.6. The van der Waals surface area contributed by atoms with E-state index in [1.807, 2.05) is 0 Å². The van der Waals surface area contributed by atoms with Crippen LogP contribution < -0.4 is 5.32 Å². The second kappa shape index (κ2) is 6.36. The fourth-order valence-corrected chi connectivity index (χ4v) is 2.28. The van der Waals surface area contributed by atoms with Gasteiger partial charge in [0.05, 0.1) is 5.69 Å². The van der Waals surface area contributed by atoms with E-state index in [1.165, 1.54) is 35.3 Å². The standard InChI is InChI=1S/C15H9Cl2FN4O/c16-12-13(17)22(8-20-12)14-11(5-2-6-19-14)21-15(23)9-3-1-4-10(18)7-9/h1-8H,(H,21,23). The summed E-state index contributed by atoms with van der Waals surface area (Å²) in [6.45, 7) is 0. The highest BCUT2D eigenvalue weighted by molar-refractivity contribution is 6.40. The van der Waals surface area contributed by atoms with Gasteiger partial charge in [0.1, 0.15) is 12.1 Å². The lowest BCUT2D eigenvalue weighted by Gasteiger charge is -2.11. The predicted octanol–water partition coefficient (Wildman–Crippen LogP) is 3.97. The summed E-state index contributed by atoms with van der Waals surface area (Å²) in [5.74, 6) is -0.615. The van der Waals surface area contributed by atoms with Crippen LogP contribution in [0.4, 0.5) is 10.1 Å². The lowest BCUT2D eigenvalue weighted by molar-refractivity contribution is 0.102. The van der Waals surface area contributed by atoms with Gasteiger partial charge >= 0.3 is 0 Å². The van der Waals surface area contributed by atoms with Crippen LogP contribution in [0.15, 0.2) is 48.9 Å². The van der Waals surface area contributed by atoms with Crippen LogP contribution in [0.25, 0.3) is 5.82 Å². The third-order valence-corrected chi connectivity index (χ3v) is 3.75. The lowest BCUT2D eigenvalue weighted by atomic mass is 10.2. The Hall–Kier alpha value is -2.44. The SMILES string of the molecule is O=C(Nc1cccnc1-n1cnc(Cl)c1Cl)c1cccc(F)c1. The average Bonchev–Trinajstić information content (AvgIpc) is 2.87. The van der Waals surface area contributed by atoms with Crippen LogP contribution in [-0.4, -0.2) is 20.4 Å². The molecule has 0 saturated heterocycles. The molecule has 2 heterocycles. The molecule has 0 radical (unpaired) electrons. The average molecular weight is 351 g/mol. The Morgan fingerprint density at radius 1 is 1.17 bits per heavy atom. The first kappa shape index (κ1) is 15.5. The summed E-state index contributed by atoms with van der Waals surface area (Å²) in [6, 6.07) is 8.67. The molecule has 0 atom stereocenters. The number of hydrogen-bond acceptors (Lipinski definition) is 3. The van der Waals surface area contributed by atoms with Gasteiger partial charge in [-0.25, -0.2) is 14.4 Å². The number of pyridine rings is 1. The summed E-state index contributed by atoms with van der Waals surface area (Å²) in [7, 11) is 0. The summed E-state index contributed by atoms with van der Waals surface area (Å²) >= 11 is 11.9. The van der Waals surface area contributed by atoms with Crippen LogP contribution in [0.3, 0.4) is 0 Å². The Labute approximate surface area is 140 Å². The Bertz CT molecular complexity index is 881. The van der Waals surface area contributed by atoms with E-state index in [0.29, 0.717) is 11.5 Å². The van der Waals surface area contributed by atoms with Gasteiger partial charge in [0.15, 0.2) is 16.1 Å². The number of carbonyl (C=O) groups excluding carboxylic acids is 1. The van der Waals surface area contributed by atoms with Crippen molar-refractivity contribution in [1.82, 2.24) is 14.5 Å². The van der Waals surface area contributed by atoms with E-state index in [2.05, 4.69) is 15.3 Å². The Morgan fingerprint density at radius 2 is 2.00 bits per heavy atom. The van der Waals surface area contributed by atoms with Crippen molar-refractivity contribution >= 4 is 34.8 Å². The van der Waals surface area contributed by atoms with Crippen molar-refractivity contribution < 1.29 is 9.18 Å². The van der Waals surface area contributed by atoms with Crippen molar-refractivity contribution in [1.29, 1.82) is 0 Å². The lowest BCUT2D eigenvalue weighted by Crippen LogP contribution is -2.14. The van der Waals surface area contributed by atoms with E-state index < -0.39 is 11.7 Å². The zero-order valence-corrected chi connectivity index (χ0v) is 13.0. The van der Waals surface area contributed by atoms with E-state index in [-0.39, 0.29) is 15.9 Å². The summed E-state index contributed by atoms with van der Waals surface area (Å²) in [5, 5.41) is 2.97. The highest BCUT2D eigenvalue weighted by Crippen LogP contribution is 2.26. The first-order chi connectivity index (χ1) is 11.1. The minimum absolute atomic E-state index is 0.125. The maximum atomic E-state index is 13.2. The highest BCUT2D eigenvalue weighted by Gasteiger charge is 2.15. The number of hydrogen-bond donors (Lipinski definition) is 1. The fraction of sp³-hybridized carbons (Fsp3) is 0. The van der Waals surface area contributed by atoms with Gasteiger partial charge in [-0.15, -0.1) is 0 Å². The second-order valence-electron chi connectivity index (χ2n) is 4.54. The number of aromatic nitrogens is 3. The Balaban J connectivity index is 1.95. The van der Waals surface area contributed by atoms with Gasteiger partial charge in [-0.3, -0.25) is 9.36 Å². The summed E-state index contributed by atoms with van der Waals surface area (Å²) in [5.41, 5.74) is 0.576. The molecule has 0 unspecified atom stereocenters. The van der Waals surface area contributed by atoms with Gasteiger partial charge < -0.3 is 5.32 Å². The molecule has 8 heteroatoms. The quantitative estimate of drug-likeness (QED) is 0.777. The monoisotopic (exact) mass is 350 g/mol. The molecule has 3 rings (SSSR count). The second-order valence-corrected chi connectivity index (χ2v) is 5.25. The summed E-state index contributed by atoms with van der Waals surface area (Å²) in [4.78, 5) is 20.3. The third-order valence-electron chi connectivity index (χ3n) is 3.02. The zero-order chi connectivity index (χ0) is 16.4. The number of nitrogens with one attached hydrogen (secondary N) is 1. The molecule has 0 spiro atoms. The van der Waals surface area contributed by atoms with Gasteiger partial charge in [-0.05, 0) is 30.3 Å². The minimum Gasteiger partial charge on any atom is -0.319 e. The van der Waals surface area contributed by atoms with Crippen LogP contribution in [0, 0.1) is 5.82 Å². The molecular weight excluding hydrogens is 342 g/mol. The van der Waals surface area contributed by atoms with E-state index in [9.17, 15) is 9.18 Å². The number of benzene rings is 1. The van der Waals surface area contributed by atoms with Crippen molar-refractivity contribution in [3.05, 3.63) is 70.6 Å². The number of rotatable bonds is 3. The molecule has 2 aromatic heterocycles. The number of halogens is 3. The third kappa shape index (κ3) is 3.18. The molecule has 0 fully saturated rings. The Morgan fingerprint density at radius 3 is 2.70 bits per heavy atom. The van der Waals surface area contributed by atoms with E-state index in [4.69, 9.17) is 23.2 Å². The highest BCUT2D eigenvalue weighted by atomic mass is 35.5. The van der Waals surface area contributed by atoms with Crippen molar-refractivity contribution in [2.24, 2.45) is 0 Å². The van der Waals surface area contributed by atoms with Crippen LogP contribution in [0.2, 0.25) is 10.3 Å². The molecule has 1 amide bonds. The minimum atomic E-state index is -0.492. The fourth-order valence-electron chi connectivity index (χ4n) is 1.97. The van der Waals surface area contributed by atoms with Crippen LogP contribution in [-0.2, 0) is 0 Å². The molecule has 1 aromatic carbocycles. The van der Waals surface area contributed by atoms with Gasteiger partial charge in [0.25, 0.3) is 5.91 Å². The van der Waals surface area contributed by atoms with E-state index in [0.717, 1.165) is 6.07 Å². The molecule has 0 aliphatic carbocycles. The van der Waals surface area contributed by atoms with Crippen molar-refractivity contribution in [2.45, 2.75) is 0 Å². The molecule has 0 aliphatic rings. The van der Waals surface area contributed by atoms with Gasteiger partial charge in [-0.2, -0.15) is 0 Å². The van der Waals surface area contributed by atoms with E-state index >= 15 is 0 Å². The molecule has 3 aromatic rings. The predicted molar refractivity (Wildman–Crippen MR) is 85.7 cm³/mol. The maximum absolute atomic E-state index is 13.2. The topological polar surface area (TPSA) is 59.8 Å². The largest absolute Gasteiger partial charge is 0.319 e. The molecule has 116 valence electrons. The molecule has 23 heavy (non-hydrogen) atoms. The van der Waals surface area contributed by atoms with Crippen molar-refractivity contribution in [3.63, 3.8) is 0 Å². The molecular formula is C15H9Cl2FN4O. The van der Waals surface area contributed by atoms with Crippen LogP contribution >= 0.6 is 23.2 Å². The van der Waals surface area contributed by atoms with Crippen LogP contribution in [0.5, 0.6) is 0 Å². The number of anilines is 1. The van der Waals surface area contributed by atoms with E-state index in [1.54, 1.807) is 12.1 Å². The summed E-state index contributed by atoms with van der Waals surface area (Å²) < 4.78 is 14.7. The van der Waals surface area contributed by atoms with Crippen molar-refractivity contribution in [2.75, 3.05) is 5.32 Å². The van der Waals surface area contributed by atoms with Gasteiger partial charge in [-0.1, -0.05) is 29.3 Å².